The lowest BCUT2D eigenvalue weighted by Crippen LogP contribution is -2.68. The maximum absolute atomic E-state index is 14.4. The van der Waals surface area contributed by atoms with Gasteiger partial charge in [0.1, 0.15) is 5.41 Å². The molecule has 4 heterocycles. The number of pyridine rings is 1. The summed E-state index contributed by atoms with van der Waals surface area (Å²) < 4.78 is 1.87. The molecule has 0 spiro atoms. The average molecular weight is 539 g/mol. The Balaban J connectivity index is 1.37. The number of amides is 4. The number of imide groups is 2. The smallest absolute Gasteiger partial charge is 0.312 e. The van der Waals surface area contributed by atoms with Gasteiger partial charge in [0.15, 0.2) is 0 Å². The van der Waals surface area contributed by atoms with Crippen molar-refractivity contribution in [2.45, 2.75) is 45.1 Å². The van der Waals surface area contributed by atoms with E-state index < -0.39 is 23.3 Å². The number of rotatable bonds is 6. The lowest BCUT2D eigenvalue weighted by Gasteiger charge is -2.47. The number of benzene rings is 2. The number of nitrogens with one attached hydrogen (secondary N) is 1. The molecule has 8 nitrogen and oxygen atoms in total. The van der Waals surface area contributed by atoms with Crippen LogP contribution in [-0.4, -0.2) is 46.9 Å². The van der Waals surface area contributed by atoms with Gasteiger partial charge in [-0.2, -0.15) is 0 Å². The quantitative estimate of drug-likeness (QED) is 0.481. The Morgan fingerprint density at radius 3 is 2.35 bits per heavy atom. The summed E-state index contributed by atoms with van der Waals surface area (Å²) in [5, 5.41) is 2.52. The Kier molecular flexibility index (Phi) is 6.66. The van der Waals surface area contributed by atoms with Crippen molar-refractivity contribution >= 4 is 23.5 Å². The van der Waals surface area contributed by atoms with E-state index >= 15 is 0 Å². The van der Waals surface area contributed by atoms with E-state index in [0.717, 1.165) is 22.6 Å². The normalized spacial score (nSPS) is 24.7. The second-order valence-corrected chi connectivity index (χ2v) is 11.8. The van der Waals surface area contributed by atoms with E-state index in [0.29, 0.717) is 31.2 Å². The number of piperidine rings is 1. The van der Waals surface area contributed by atoms with Crippen LogP contribution in [0.25, 0.3) is 0 Å². The second-order valence-electron chi connectivity index (χ2n) is 11.8. The topological polar surface area (TPSA) is 91.7 Å². The molecule has 3 atom stereocenters. The van der Waals surface area contributed by atoms with Crippen LogP contribution < -0.4 is 15.8 Å². The number of fused-ring (bicyclic) bond motifs is 4. The summed E-state index contributed by atoms with van der Waals surface area (Å²) in [5.74, 6) is -0.334. The monoisotopic (exact) mass is 538 g/mol. The van der Waals surface area contributed by atoms with E-state index in [-0.39, 0.29) is 30.4 Å². The summed E-state index contributed by atoms with van der Waals surface area (Å²) in [6.45, 7) is 6.36. The van der Waals surface area contributed by atoms with Gasteiger partial charge in [-0.1, -0.05) is 62.4 Å². The molecule has 4 amide bonds. The number of hydrogen-bond acceptors (Lipinski definition) is 5. The summed E-state index contributed by atoms with van der Waals surface area (Å²) in [5.41, 5.74) is 2.00. The van der Waals surface area contributed by atoms with Gasteiger partial charge in [-0.15, -0.1) is 0 Å². The molecule has 40 heavy (non-hydrogen) atoms. The molecule has 2 bridgehead atoms. The van der Waals surface area contributed by atoms with Crippen molar-refractivity contribution in [1.29, 1.82) is 0 Å². The molecule has 8 heteroatoms. The van der Waals surface area contributed by atoms with Crippen molar-refractivity contribution in [2.24, 2.45) is 11.3 Å². The van der Waals surface area contributed by atoms with Crippen LogP contribution in [0, 0.1) is 11.3 Å². The van der Waals surface area contributed by atoms with E-state index in [1.54, 1.807) is 36.4 Å². The number of carbonyl (C=O) groups excluding carboxylic acids is 3. The third-order valence-electron chi connectivity index (χ3n) is 8.69. The maximum Gasteiger partial charge on any atom is 0.335 e. The predicted molar refractivity (Wildman–Crippen MR) is 152 cm³/mol. The molecule has 1 N–H and O–H groups in total. The highest BCUT2D eigenvalue weighted by atomic mass is 16.2. The SMILES string of the molecule is CC(C)c1ccc(C[C@]2(CN3C[C@H]4C[C@@H](C3)c3cccc(=O)n3C4)C(=O)NC(=O)N(c3ccccc3)C2=O)cc1. The first-order chi connectivity index (χ1) is 19.2. The molecular formula is C32H34N4O4. The molecule has 0 unspecified atom stereocenters. The summed E-state index contributed by atoms with van der Waals surface area (Å²) in [7, 11) is 0. The first-order valence-corrected chi connectivity index (χ1v) is 14.0. The van der Waals surface area contributed by atoms with Gasteiger partial charge in [0.25, 0.3) is 11.5 Å². The van der Waals surface area contributed by atoms with Gasteiger partial charge in [-0.25, -0.2) is 9.69 Å². The van der Waals surface area contributed by atoms with E-state index in [1.165, 1.54) is 5.56 Å². The van der Waals surface area contributed by atoms with Gasteiger partial charge in [0.05, 0.1) is 5.69 Å². The zero-order valence-electron chi connectivity index (χ0n) is 22.9. The van der Waals surface area contributed by atoms with Crippen LogP contribution >= 0.6 is 0 Å². The highest BCUT2D eigenvalue weighted by molar-refractivity contribution is 6.30. The van der Waals surface area contributed by atoms with Crippen LogP contribution in [0.5, 0.6) is 0 Å². The van der Waals surface area contributed by atoms with E-state index in [9.17, 15) is 19.2 Å². The van der Waals surface area contributed by atoms with Crippen molar-refractivity contribution in [2.75, 3.05) is 24.5 Å². The van der Waals surface area contributed by atoms with Crippen molar-refractivity contribution in [3.8, 4) is 0 Å². The van der Waals surface area contributed by atoms with Gasteiger partial charge < -0.3 is 9.47 Å². The lowest BCUT2D eigenvalue weighted by atomic mass is 9.75. The Hall–Kier alpha value is -4.04. The van der Waals surface area contributed by atoms with Gasteiger partial charge in [0.2, 0.25) is 5.91 Å². The first kappa shape index (κ1) is 26.2. The minimum atomic E-state index is -1.49. The third-order valence-corrected chi connectivity index (χ3v) is 8.69. The fourth-order valence-electron chi connectivity index (χ4n) is 6.71. The summed E-state index contributed by atoms with van der Waals surface area (Å²) in [6, 6.07) is 21.5. The van der Waals surface area contributed by atoms with Crippen LogP contribution in [0.2, 0.25) is 0 Å². The van der Waals surface area contributed by atoms with Gasteiger partial charge >= 0.3 is 6.03 Å². The standard InChI is InChI=1S/C32H34N4O4/c1-21(2)24-13-11-22(12-14-24)16-32(29(38)33-31(40)36(30(32)39)26-7-4-3-5-8-26)20-34-17-23-15-25(19-34)27-9-6-10-28(37)35(27)18-23/h3-14,21,23,25H,15-20H2,1-2H3,(H,33,38,40)/t23-,25+,32+/m1/s1. The Morgan fingerprint density at radius 1 is 0.875 bits per heavy atom. The largest absolute Gasteiger partial charge is 0.335 e. The molecule has 1 aromatic heterocycles. The lowest BCUT2D eigenvalue weighted by molar-refractivity contribution is -0.144. The van der Waals surface area contributed by atoms with Crippen LogP contribution in [0.3, 0.4) is 0 Å². The number of hydrogen-bond donors (Lipinski definition) is 1. The van der Waals surface area contributed by atoms with Crippen molar-refractivity contribution in [1.82, 2.24) is 14.8 Å². The van der Waals surface area contributed by atoms with Gasteiger partial charge in [0, 0.05) is 43.9 Å². The molecular weight excluding hydrogens is 504 g/mol. The van der Waals surface area contributed by atoms with Gasteiger partial charge in [-0.05, 0) is 54.0 Å². The Morgan fingerprint density at radius 2 is 1.62 bits per heavy atom. The predicted octanol–water partition coefficient (Wildman–Crippen LogP) is 3.90. The first-order valence-electron chi connectivity index (χ1n) is 14.0. The molecule has 0 saturated carbocycles. The molecule has 2 saturated heterocycles. The number of likely N-dealkylation sites (tertiary alicyclic amines) is 1. The minimum absolute atomic E-state index is 0.0146. The number of anilines is 1. The second kappa shape index (κ2) is 10.2. The summed E-state index contributed by atoms with van der Waals surface area (Å²) in [4.78, 5) is 57.0. The summed E-state index contributed by atoms with van der Waals surface area (Å²) >= 11 is 0. The number of para-hydroxylation sites is 1. The molecule has 2 aromatic carbocycles. The molecule has 206 valence electrons. The van der Waals surface area contributed by atoms with Crippen molar-refractivity contribution in [3.63, 3.8) is 0 Å². The molecule has 3 aromatic rings. The summed E-state index contributed by atoms with van der Waals surface area (Å²) in [6.07, 6.45) is 1.15. The van der Waals surface area contributed by atoms with Crippen LogP contribution in [0.4, 0.5) is 10.5 Å². The number of nitrogens with zero attached hydrogens (tertiary/aromatic N) is 3. The van der Waals surface area contributed by atoms with E-state index in [4.69, 9.17) is 0 Å². The highest BCUT2D eigenvalue weighted by Crippen LogP contribution is 2.39. The number of carbonyl (C=O) groups is 3. The third kappa shape index (κ3) is 4.56. The molecule has 0 aliphatic carbocycles. The fourth-order valence-corrected chi connectivity index (χ4v) is 6.71. The van der Waals surface area contributed by atoms with Crippen molar-refractivity contribution < 1.29 is 14.4 Å². The number of barbiturate groups is 1. The van der Waals surface area contributed by atoms with Crippen LogP contribution in [-0.2, 0) is 22.6 Å². The Labute approximate surface area is 233 Å². The molecule has 0 radical (unpaired) electrons. The molecule has 3 aliphatic heterocycles. The Bertz CT molecular complexity index is 1510. The fraction of sp³-hybridized carbons (Fsp3) is 0.375. The van der Waals surface area contributed by atoms with Crippen molar-refractivity contribution in [3.05, 3.63) is 100.0 Å². The molecule has 6 rings (SSSR count). The minimum Gasteiger partial charge on any atom is -0.312 e. The van der Waals surface area contributed by atoms with E-state index in [2.05, 4.69) is 24.1 Å². The zero-order chi connectivity index (χ0) is 28.0. The number of aromatic nitrogens is 1. The zero-order valence-corrected chi connectivity index (χ0v) is 22.9. The average Bonchev–Trinajstić information content (AvgIpc) is 2.93. The van der Waals surface area contributed by atoms with Gasteiger partial charge in [-0.3, -0.25) is 19.7 Å². The number of urea groups is 1. The van der Waals surface area contributed by atoms with E-state index in [1.807, 2.05) is 41.0 Å². The van der Waals surface area contributed by atoms with Crippen LogP contribution in [0.1, 0.15) is 48.9 Å². The molecule has 3 aliphatic rings. The highest BCUT2D eigenvalue weighted by Gasteiger charge is 2.55. The molecule has 2 fully saturated rings. The van der Waals surface area contributed by atoms with Crippen LogP contribution in [0.15, 0.2) is 77.6 Å². The maximum atomic E-state index is 14.4.